The smallest absolute Gasteiger partial charge is 0.221 e. The van der Waals surface area contributed by atoms with Crippen LogP contribution in [0.15, 0.2) is 54.7 Å². The van der Waals surface area contributed by atoms with Gasteiger partial charge in [-0.15, -0.1) is 0 Å². The number of hydrogen-bond donors (Lipinski definition) is 3. The quantitative estimate of drug-likeness (QED) is 0.477. The van der Waals surface area contributed by atoms with E-state index >= 15 is 0 Å². The Hall–Kier alpha value is -3.45. The molecule has 7 heteroatoms. The highest BCUT2D eigenvalue weighted by atomic mass is 19.1. The number of para-hydroxylation sites is 1. The Morgan fingerprint density at radius 2 is 1.84 bits per heavy atom. The van der Waals surface area contributed by atoms with Crippen LogP contribution in [0.4, 0.5) is 15.9 Å². The molecular weight excluding hydrogens is 409 g/mol. The Kier molecular flexibility index (Phi) is 7.43. The van der Waals surface area contributed by atoms with Crippen molar-refractivity contribution in [1.82, 2.24) is 4.98 Å². The number of benzene rings is 2. The molecule has 0 saturated heterocycles. The number of nitrogens with one attached hydrogen (secondary N) is 1. The molecule has 0 aliphatic heterocycles. The molecule has 0 saturated carbocycles. The van der Waals surface area contributed by atoms with Gasteiger partial charge in [0.15, 0.2) is 0 Å². The number of aromatic nitrogens is 1. The molecule has 0 radical (unpaired) electrons. The molecule has 3 aromatic rings. The first-order valence-electron chi connectivity index (χ1n) is 10.5. The Morgan fingerprint density at radius 3 is 2.47 bits per heavy atom. The molecule has 1 atom stereocenters. The summed E-state index contributed by atoms with van der Waals surface area (Å²) in [5.41, 5.74) is 2.47. The number of pyridine rings is 1. The normalized spacial score (nSPS) is 11.8. The number of hydrogen-bond acceptors (Lipinski definition) is 5. The third-order valence-electron chi connectivity index (χ3n) is 5.34. The molecule has 3 N–H and O–H groups in total. The number of phenolic OH excluding ortho intramolecular Hbond substituents is 1. The van der Waals surface area contributed by atoms with Gasteiger partial charge in [-0.05, 0) is 47.7 Å². The van der Waals surface area contributed by atoms with Crippen molar-refractivity contribution in [2.24, 2.45) is 5.92 Å². The molecule has 168 valence electrons. The Balaban J connectivity index is 1.91. The predicted molar refractivity (Wildman–Crippen MR) is 125 cm³/mol. The van der Waals surface area contributed by atoms with Crippen molar-refractivity contribution in [2.45, 2.75) is 20.3 Å². The van der Waals surface area contributed by atoms with Crippen LogP contribution in [0.2, 0.25) is 0 Å². The second-order valence-electron chi connectivity index (χ2n) is 7.98. The first-order chi connectivity index (χ1) is 15.3. The van der Waals surface area contributed by atoms with Crippen molar-refractivity contribution in [3.63, 3.8) is 0 Å². The van der Waals surface area contributed by atoms with E-state index in [1.807, 2.05) is 31.0 Å². The fraction of sp³-hybridized carbons (Fsp3) is 0.280. The monoisotopic (exact) mass is 437 g/mol. The molecule has 2 aromatic carbocycles. The maximum Gasteiger partial charge on any atom is 0.221 e. The number of nitrogens with zero attached hydrogens (tertiary/aromatic N) is 2. The zero-order valence-corrected chi connectivity index (χ0v) is 18.5. The number of aliphatic hydroxyl groups excluding tert-OH is 1. The van der Waals surface area contributed by atoms with Gasteiger partial charge in [-0.2, -0.15) is 0 Å². The molecule has 1 amide bonds. The number of aromatic hydroxyl groups is 1. The number of rotatable bonds is 8. The molecule has 6 nitrogen and oxygen atoms in total. The van der Waals surface area contributed by atoms with Crippen molar-refractivity contribution in [3.05, 3.63) is 60.5 Å². The van der Waals surface area contributed by atoms with Gasteiger partial charge in [0.2, 0.25) is 5.91 Å². The van der Waals surface area contributed by atoms with E-state index in [4.69, 9.17) is 0 Å². The van der Waals surface area contributed by atoms with Gasteiger partial charge in [0.25, 0.3) is 0 Å². The van der Waals surface area contributed by atoms with Crippen molar-refractivity contribution in [2.75, 3.05) is 30.4 Å². The molecule has 3 rings (SSSR count). The molecule has 32 heavy (non-hydrogen) atoms. The van der Waals surface area contributed by atoms with Crippen LogP contribution in [0.25, 0.3) is 22.3 Å². The van der Waals surface area contributed by atoms with E-state index in [1.165, 1.54) is 19.1 Å². The summed E-state index contributed by atoms with van der Waals surface area (Å²) < 4.78 is 14.4. The van der Waals surface area contributed by atoms with E-state index in [0.29, 0.717) is 16.7 Å². The fourth-order valence-corrected chi connectivity index (χ4v) is 3.40. The standard InChI is InChI=1S/C25H28FN3O3/c1-16(15-30)10-12-29(3)24-14-19(9-11-27-24)21-6-4-5-20(25(21)32)18-7-8-23(22(26)13-18)28-17(2)31/h4-9,11,13-14,16,30,32H,10,12,15H2,1-3H3,(H,28,31). The highest BCUT2D eigenvalue weighted by Crippen LogP contribution is 2.39. The van der Waals surface area contributed by atoms with Gasteiger partial charge in [0, 0.05) is 44.4 Å². The summed E-state index contributed by atoms with van der Waals surface area (Å²) in [6.07, 6.45) is 2.52. The SMILES string of the molecule is CC(=O)Nc1ccc(-c2cccc(-c3ccnc(N(C)CCC(C)CO)c3)c2O)cc1F. The molecule has 1 aromatic heterocycles. The molecule has 0 fully saturated rings. The van der Waals surface area contributed by atoms with Crippen LogP contribution in [0, 0.1) is 11.7 Å². The molecular formula is C25H28FN3O3. The largest absolute Gasteiger partial charge is 0.507 e. The third kappa shape index (κ3) is 5.42. The average molecular weight is 438 g/mol. The summed E-state index contributed by atoms with van der Waals surface area (Å²) in [4.78, 5) is 17.6. The van der Waals surface area contributed by atoms with Gasteiger partial charge in [0.05, 0.1) is 5.69 Å². The minimum atomic E-state index is -0.576. The zero-order chi connectivity index (χ0) is 23.3. The van der Waals surface area contributed by atoms with E-state index in [1.54, 1.807) is 30.5 Å². The molecule has 0 bridgehead atoms. The Morgan fingerprint density at radius 1 is 1.16 bits per heavy atom. The highest BCUT2D eigenvalue weighted by molar-refractivity contribution is 5.89. The second kappa shape index (κ2) is 10.2. The van der Waals surface area contributed by atoms with Crippen LogP contribution >= 0.6 is 0 Å². The van der Waals surface area contributed by atoms with Crippen molar-refractivity contribution < 1.29 is 19.4 Å². The van der Waals surface area contributed by atoms with Crippen LogP contribution in [-0.2, 0) is 4.79 Å². The summed E-state index contributed by atoms with van der Waals surface area (Å²) in [6.45, 7) is 4.20. The summed E-state index contributed by atoms with van der Waals surface area (Å²) >= 11 is 0. The van der Waals surface area contributed by atoms with Gasteiger partial charge in [-0.25, -0.2) is 9.37 Å². The summed E-state index contributed by atoms with van der Waals surface area (Å²) in [7, 11) is 1.94. The number of anilines is 2. The summed E-state index contributed by atoms with van der Waals surface area (Å²) in [6, 6.07) is 13.4. The van der Waals surface area contributed by atoms with Crippen LogP contribution in [0.3, 0.4) is 0 Å². The van der Waals surface area contributed by atoms with Crippen LogP contribution < -0.4 is 10.2 Å². The number of phenols is 1. The molecule has 1 heterocycles. The number of amides is 1. The van der Waals surface area contributed by atoms with Gasteiger partial charge < -0.3 is 20.4 Å². The average Bonchev–Trinajstić information content (AvgIpc) is 2.78. The Bertz CT molecular complexity index is 1100. The zero-order valence-electron chi connectivity index (χ0n) is 18.5. The van der Waals surface area contributed by atoms with E-state index in [-0.39, 0.29) is 29.9 Å². The first kappa shape index (κ1) is 23.2. The van der Waals surface area contributed by atoms with Gasteiger partial charge in [-0.1, -0.05) is 31.2 Å². The van der Waals surface area contributed by atoms with Crippen molar-refractivity contribution in [3.8, 4) is 28.0 Å². The summed E-state index contributed by atoms with van der Waals surface area (Å²) in [5.74, 6) is 0.0630. The van der Waals surface area contributed by atoms with Crippen LogP contribution in [-0.4, -0.2) is 41.3 Å². The third-order valence-corrected chi connectivity index (χ3v) is 5.34. The van der Waals surface area contributed by atoms with Crippen LogP contribution in [0.1, 0.15) is 20.3 Å². The molecule has 0 spiro atoms. The van der Waals surface area contributed by atoms with Crippen LogP contribution in [0.5, 0.6) is 5.75 Å². The number of halogens is 1. The lowest BCUT2D eigenvalue weighted by Crippen LogP contribution is -2.22. The van der Waals surface area contributed by atoms with Crippen molar-refractivity contribution in [1.29, 1.82) is 0 Å². The lowest BCUT2D eigenvalue weighted by atomic mass is 9.97. The maximum atomic E-state index is 14.4. The van der Waals surface area contributed by atoms with E-state index in [0.717, 1.165) is 24.3 Å². The first-order valence-corrected chi connectivity index (χ1v) is 10.5. The number of carbonyl (C=O) groups excluding carboxylic acids is 1. The van der Waals surface area contributed by atoms with Crippen molar-refractivity contribution >= 4 is 17.4 Å². The van der Waals surface area contributed by atoms with Gasteiger partial charge in [0.1, 0.15) is 17.4 Å². The van der Waals surface area contributed by atoms with Gasteiger partial charge >= 0.3 is 0 Å². The molecule has 0 aliphatic carbocycles. The van der Waals surface area contributed by atoms with Gasteiger partial charge in [-0.3, -0.25) is 4.79 Å². The fourth-order valence-electron chi connectivity index (χ4n) is 3.40. The predicted octanol–water partition coefficient (Wildman–Crippen LogP) is 4.67. The molecule has 1 unspecified atom stereocenters. The maximum absolute atomic E-state index is 14.4. The lowest BCUT2D eigenvalue weighted by Gasteiger charge is -2.20. The van der Waals surface area contributed by atoms with E-state index in [2.05, 4.69) is 10.3 Å². The minimum Gasteiger partial charge on any atom is -0.507 e. The highest BCUT2D eigenvalue weighted by Gasteiger charge is 2.14. The molecule has 0 aliphatic rings. The minimum absolute atomic E-state index is 0.0351. The second-order valence-corrected chi connectivity index (χ2v) is 7.98. The van der Waals surface area contributed by atoms with E-state index < -0.39 is 5.82 Å². The number of carbonyl (C=O) groups is 1. The number of aliphatic hydroxyl groups is 1. The Labute approximate surface area is 187 Å². The lowest BCUT2D eigenvalue weighted by molar-refractivity contribution is -0.114. The topological polar surface area (TPSA) is 85.7 Å². The summed E-state index contributed by atoms with van der Waals surface area (Å²) in [5, 5.41) is 22.7. The van der Waals surface area contributed by atoms with E-state index in [9.17, 15) is 19.4 Å².